The van der Waals surface area contributed by atoms with Crippen molar-refractivity contribution in [2.45, 2.75) is 11.4 Å². The van der Waals surface area contributed by atoms with E-state index in [2.05, 4.69) is 38.1 Å². The van der Waals surface area contributed by atoms with Gasteiger partial charge in [-0.25, -0.2) is 15.0 Å². The SMILES string of the molecule is Nc1nc(C(=NO)C(=O)NC2C(=O)N3C(C(=O)S)=C(c4cc(=O)c5nccnc5s4)CS[C@H]23)c(Cl)s1. The van der Waals surface area contributed by atoms with E-state index in [9.17, 15) is 24.4 Å². The molecule has 0 radical (unpaired) electrons. The fourth-order valence-electron chi connectivity index (χ4n) is 3.72. The lowest BCUT2D eigenvalue weighted by atomic mass is 10.0. The van der Waals surface area contributed by atoms with Gasteiger partial charge < -0.3 is 16.3 Å². The van der Waals surface area contributed by atoms with Gasteiger partial charge in [0.2, 0.25) is 10.5 Å². The van der Waals surface area contributed by atoms with Gasteiger partial charge >= 0.3 is 0 Å². The van der Waals surface area contributed by atoms with Crippen LogP contribution < -0.4 is 16.5 Å². The molecule has 36 heavy (non-hydrogen) atoms. The van der Waals surface area contributed by atoms with Crippen molar-refractivity contribution in [1.29, 1.82) is 0 Å². The Balaban J connectivity index is 1.45. The van der Waals surface area contributed by atoms with Crippen molar-refractivity contribution in [2.24, 2.45) is 5.16 Å². The van der Waals surface area contributed by atoms with Crippen LogP contribution in [0.5, 0.6) is 0 Å². The molecule has 0 spiro atoms. The first-order valence-electron chi connectivity index (χ1n) is 9.82. The zero-order chi connectivity index (χ0) is 25.7. The number of rotatable bonds is 5. The summed E-state index contributed by atoms with van der Waals surface area (Å²) in [7, 11) is 0. The number of halogens is 1. The molecule has 3 aromatic rings. The van der Waals surface area contributed by atoms with E-state index in [4.69, 9.17) is 17.3 Å². The molecular weight excluding hydrogens is 570 g/mol. The summed E-state index contributed by atoms with van der Waals surface area (Å²) < 4.78 is 0.0404. The van der Waals surface area contributed by atoms with Gasteiger partial charge in [-0.15, -0.1) is 23.1 Å². The van der Waals surface area contributed by atoms with E-state index in [0.29, 0.717) is 15.3 Å². The van der Waals surface area contributed by atoms with Crippen molar-refractivity contribution >= 4 is 102 Å². The molecule has 1 saturated heterocycles. The van der Waals surface area contributed by atoms with Crippen LogP contribution in [0.15, 0.2) is 34.1 Å². The van der Waals surface area contributed by atoms with Crippen molar-refractivity contribution in [1.82, 2.24) is 25.2 Å². The van der Waals surface area contributed by atoms with Crippen molar-refractivity contribution in [2.75, 3.05) is 11.5 Å². The van der Waals surface area contributed by atoms with Gasteiger partial charge in [0.05, 0.1) is 0 Å². The summed E-state index contributed by atoms with van der Waals surface area (Å²) in [6.07, 6.45) is 2.87. The molecule has 5 rings (SSSR count). The number of nitrogens with zero attached hydrogens (tertiary/aromatic N) is 5. The number of nitrogens with one attached hydrogen (secondary N) is 1. The number of thiol groups is 1. The number of oxime groups is 1. The Morgan fingerprint density at radius 3 is 2.69 bits per heavy atom. The number of nitrogens with two attached hydrogens (primary N) is 1. The van der Waals surface area contributed by atoms with Gasteiger partial charge in [-0.1, -0.05) is 40.7 Å². The van der Waals surface area contributed by atoms with Crippen LogP contribution in [0.1, 0.15) is 10.6 Å². The van der Waals surface area contributed by atoms with Gasteiger partial charge in [-0.05, 0) is 0 Å². The summed E-state index contributed by atoms with van der Waals surface area (Å²) in [4.78, 5) is 65.0. The largest absolute Gasteiger partial charge is 0.410 e. The first-order valence-corrected chi connectivity index (χ1v) is 13.3. The zero-order valence-electron chi connectivity index (χ0n) is 17.5. The average molecular weight is 582 g/mol. The monoisotopic (exact) mass is 581 g/mol. The molecular formula is C19H12ClN7O5S4. The molecule has 2 atom stereocenters. The number of hydrogen-bond donors (Lipinski definition) is 4. The quantitative estimate of drug-likeness (QED) is 0.112. The highest BCUT2D eigenvalue weighted by atomic mass is 35.5. The third kappa shape index (κ3) is 4.03. The molecule has 0 aliphatic carbocycles. The number of aromatic nitrogens is 3. The Morgan fingerprint density at radius 1 is 1.28 bits per heavy atom. The molecule has 12 nitrogen and oxygen atoms in total. The van der Waals surface area contributed by atoms with Gasteiger partial charge in [0.25, 0.3) is 11.8 Å². The Morgan fingerprint density at radius 2 is 2.03 bits per heavy atom. The topological polar surface area (TPSA) is 181 Å². The average Bonchev–Trinajstić information content (AvgIpc) is 3.19. The fraction of sp³-hybridized carbons (Fsp3) is 0.158. The number of carbonyl (C=O) groups excluding carboxylic acids is 3. The molecule has 0 aromatic carbocycles. The number of hydrogen-bond acceptors (Lipinski definition) is 13. The lowest BCUT2D eigenvalue weighted by molar-refractivity contribution is -0.145. The number of fused-ring (bicyclic) bond motifs is 2. The van der Waals surface area contributed by atoms with E-state index in [1.54, 1.807) is 0 Å². The van der Waals surface area contributed by atoms with Gasteiger partial charge in [0.15, 0.2) is 10.8 Å². The van der Waals surface area contributed by atoms with E-state index < -0.39 is 34.1 Å². The highest BCUT2D eigenvalue weighted by Gasteiger charge is 2.54. The minimum atomic E-state index is -1.03. The van der Waals surface area contributed by atoms with Crippen molar-refractivity contribution in [3.63, 3.8) is 0 Å². The van der Waals surface area contributed by atoms with Crippen LogP contribution in [0.4, 0.5) is 5.13 Å². The van der Waals surface area contributed by atoms with Crippen molar-refractivity contribution < 1.29 is 19.6 Å². The lowest BCUT2D eigenvalue weighted by Crippen LogP contribution is -2.70. The summed E-state index contributed by atoms with van der Waals surface area (Å²) in [6.45, 7) is 0. The van der Waals surface area contributed by atoms with Crippen LogP contribution in [0, 0.1) is 0 Å². The molecule has 1 fully saturated rings. The molecule has 0 bridgehead atoms. The van der Waals surface area contributed by atoms with Crippen LogP contribution in [0.25, 0.3) is 15.9 Å². The van der Waals surface area contributed by atoms with Crippen LogP contribution in [0.2, 0.25) is 4.34 Å². The number of anilines is 1. The second-order valence-corrected chi connectivity index (χ2v) is 11.5. The Bertz CT molecular complexity index is 1590. The third-order valence-corrected chi connectivity index (χ3v) is 8.91. The molecule has 4 N–H and O–H groups in total. The third-order valence-electron chi connectivity index (χ3n) is 5.26. The minimum absolute atomic E-state index is 0.0165. The van der Waals surface area contributed by atoms with Crippen LogP contribution in [0.3, 0.4) is 0 Å². The Kier molecular flexibility index (Phi) is 6.46. The summed E-state index contributed by atoms with van der Waals surface area (Å²) in [5.41, 5.74) is 5.26. The molecule has 2 aliphatic rings. The standard InChI is InChI=1S/C19H12ClN7O5S4/c20-13-9(25-19(21)36-13)10(26-32)14(29)24-11-16(30)27-12(18(31)33)5(4-34-17(11)27)7-3-6(28)8-15(35-7)23-2-1-22-8/h1-3,11,17,32H,4H2,(H2,21,25)(H,24,29)(H,31,33)/t11?,17-/m1/s1. The van der Waals surface area contributed by atoms with Gasteiger partial charge in [-0.3, -0.25) is 24.1 Å². The van der Waals surface area contributed by atoms with E-state index in [1.807, 2.05) is 0 Å². The van der Waals surface area contributed by atoms with Crippen LogP contribution >= 0.6 is 58.7 Å². The molecule has 2 aliphatic heterocycles. The van der Waals surface area contributed by atoms with E-state index in [-0.39, 0.29) is 37.6 Å². The first-order chi connectivity index (χ1) is 17.2. The van der Waals surface area contributed by atoms with Crippen molar-refractivity contribution in [3.8, 4) is 0 Å². The maximum atomic E-state index is 13.1. The fourth-order valence-corrected chi connectivity index (χ4v) is 7.38. The van der Waals surface area contributed by atoms with Crippen molar-refractivity contribution in [3.05, 3.63) is 49.3 Å². The highest BCUT2D eigenvalue weighted by Crippen LogP contribution is 2.44. The molecule has 3 aromatic heterocycles. The van der Waals surface area contributed by atoms with Crippen LogP contribution in [-0.2, 0) is 14.4 Å². The zero-order valence-corrected chi connectivity index (χ0v) is 21.6. The number of thioether (sulfide) groups is 1. The first kappa shape index (κ1) is 24.6. The number of β-lactam (4-membered cyclic amide) rings is 1. The number of amides is 2. The van der Waals surface area contributed by atoms with Gasteiger partial charge in [-0.2, -0.15) is 0 Å². The van der Waals surface area contributed by atoms with E-state index >= 15 is 0 Å². The molecule has 184 valence electrons. The minimum Gasteiger partial charge on any atom is -0.410 e. The van der Waals surface area contributed by atoms with E-state index in [0.717, 1.165) is 11.3 Å². The predicted molar refractivity (Wildman–Crippen MR) is 139 cm³/mol. The second-order valence-electron chi connectivity index (χ2n) is 7.30. The number of thiazole rings is 1. The Hall–Kier alpha value is -3.05. The normalized spacial score (nSPS) is 19.8. The number of nitrogen functional groups attached to an aromatic ring is 1. The second kappa shape index (κ2) is 9.44. The Labute approximate surface area is 223 Å². The molecule has 0 saturated carbocycles. The maximum absolute atomic E-state index is 13.1. The van der Waals surface area contributed by atoms with Gasteiger partial charge in [0.1, 0.15) is 37.5 Å². The summed E-state index contributed by atoms with van der Waals surface area (Å²) in [5, 5.41) is 13.6. The maximum Gasteiger partial charge on any atom is 0.276 e. The van der Waals surface area contributed by atoms with Gasteiger partial charge in [0, 0.05) is 34.7 Å². The molecule has 2 amide bonds. The summed E-state index contributed by atoms with van der Waals surface area (Å²) in [6, 6.07) is 0.324. The molecule has 17 heteroatoms. The number of carbonyl (C=O) groups is 3. The molecule has 1 unspecified atom stereocenters. The predicted octanol–water partition coefficient (Wildman–Crippen LogP) is 1.19. The van der Waals surface area contributed by atoms with E-state index in [1.165, 1.54) is 46.5 Å². The molecule has 5 heterocycles. The highest BCUT2D eigenvalue weighted by molar-refractivity contribution is 8.00. The lowest BCUT2D eigenvalue weighted by Gasteiger charge is -2.49. The summed E-state index contributed by atoms with van der Waals surface area (Å²) in [5.74, 6) is -1.23. The summed E-state index contributed by atoms with van der Waals surface area (Å²) >= 11 is 13.3. The smallest absolute Gasteiger partial charge is 0.276 e. The van der Waals surface area contributed by atoms with Crippen LogP contribution in [-0.4, -0.2) is 64.9 Å².